The summed E-state index contributed by atoms with van der Waals surface area (Å²) in [6.07, 6.45) is 2.41. The first-order valence-electron chi connectivity index (χ1n) is 5.68. The molecule has 1 aromatic carbocycles. The van der Waals surface area contributed by atoms with Gasteiger partial charge in [0.05, 0.1) is 5.56 Å². The average Bonchev–Trinajstić information content (AvgIpc) is 3.09. The van der Waals surface area contributed by atoms with E-state index in [4.69, 9.17) is 11.5 Å². The molecule has 1 unspecified atom stereocenters. The van der Waals surface area contributed by atoms with Crippen LogP contribution in [0.1, 0.15) is 23.2 Å². The number of benzene rings is 1. The molecule has 17 heavy (non-hydrogen) atoms. The molecule has 1 amide bonds. The molecule has 2 rings (SSSR count). The Morgan fingerprint density at radius 2 is 2.24 bits per heavy atom. The number of rotatable bonds is 5. The molecule has 0 bridgehead atoms. The third kappa shape index (κ3) is 2.79. The molecule has 1 aliphatic rings. The highest BCUT2D eigenvalue weighted by atomic mass is 79.9. The summed E-state index contributed by atoms with van der Waals surface area (Å²) in [6, 6.07) is 5.76. The Bertz CT molecular complexity index is 432. The highest BCUT2D eigenvalue weighted by Gasteiger charge is 2.30. The number of carbonyl (C=O) groups is 1. The van der Waals surface area contributed by atoms with E-state index in [2.05, 4.69) is 21.2 Å². The number of anilines is 1. The van der Waals surface area contributed by atoms with Crippen LogP contribution in [0, 0.1) is 5.92 Å². The highest BCUT2D eigenvalue weighted by molar-refractivity contribution is 9.10. The van der Waals surface area contributed by atoms with Gasteiger partial charge in [-0.15, -0.1) is 0 Å². The normalized spacial score (nSPS) is 16.6. The first kappa shape index (κ1) is 12.4. The summed E-state index contributed by atoms with van der Waals surface area (Å²) in [6.45, 7) is 0.565. The van der Waals surface area contributed by atoms with Crippen LogP contribution in [-0.2, 0) is 0 Å². The van der Waals surface area contributed by atoms with E-state index in [-0.39, 0.29) is 6.04 Å². The number of hydrogen-bond donors (Lipinski definition) is 3. The van der Waals surface area contributed by atoms with Gasteiger partial charge in [-0.3, -0.25) is 4.79 Å². The lowest BCUT2D eigenvalue weighted by Crippen LogP contribution is -2.32. The quantitative estimate of drug-likeness (QED) is 0.774. The van der Waals surface area contributed by atoms with E-state index in [0.717, 1.165) is 5.69 Å². The minimum Gasteiger partial charge on any atom is -0.380 e. The van der Waals surface area contributed by atoms with Crippen molar-refractivity contribution in [2.24, 2.45) is 17.4 Å². The number of primary amides is 1. The van der Waals surface area contributed by atoms with Gasteiger partial charge < -0.3 is 16.8 Å². The van der Waals surface area contributed by atoms with E-state index in [1.165, 1.54) is 12.8 Å². The predicted octanol–water partition coefficient (Wildman–Crippen LogP) is 1.70. The minimum absolute atomic E-state index is 0.224. The third-order valence-electron chi connectivity index (χ3n) is 3.05. The van der Waals surface area contributed by atoms with Crippen LogP contribution in [0.2, 0.25) is 0 Å². The summed E-state index contributed by atoms with van der Waals surface area (Å²) in [4.78, 5) is 11.4. The Kier molecular flexibility index (Phi) is 3.69. The molecule has 0 spiro atoms. The molecule has 4 nitrogen and oxygen atoms in total. The van der Waals surface area contributed by atoms with Crippen molar-refractivity contribution in [2.45, 2.75) is 18.9 Å². The van der Waals surface area contributed by atoms with E-state index in [1.807, 2.05) is 12.1 Å². The third-order valence-corrected chi connectivity index (χ3v) is 3.71. The lowest BCUT2D eigenvalue weighted by molar-refractivity contribution is 0.100. The molecule has 0 aromatic heterocycles. The zero-order chi connectivity index (χ0) is 12.4. The number of carbonyl (C=O) groups excluding carboxylic acids is 1. The fraction of sp³-hybridized carbons (Fsp3) is 0.417. The highest BCUT2D eigenvalue weighted by Crippen LogP contribution is 2.35. The second kappa shape index (κ2) is 5.06. The largest absolute Gasteiger partial charge is 0.380 e. The first-order valence-corrected chi connectivity index (χ1v) is 6.47. The molecule has 1 atom stereocenters. The second-order valence-electron chi connectivity index (χ2n) is 4.35. The molecular formula is C12H16BrN3O. The maximum atomic E-state index is 11.4. The summed E-state index contributed by atoms with van der Waals surface area (Å²) in [5.74, 6) is 0.186. The van der Waals surface area contributed by atoms with Gasteiger partial charge in [0.2, 0.25) is 0 Å². The summed E-state index contributed by atoms with van der Waals surface area (Å²) < 4.78 is 0.710. The van der Waals surface area contributed by atoms with Crippen molar-refractivity contribution in [3.8, 4) is 0 Å². The van der Waals surface area contributed by atoms with Crippen LogP contribution in [0.4, 0.5) is 5.69 Å². The van der Waals surface area contributed by atoms with Gasteiger partial charge in [-0.2, -0.15) is 0 Å². The van der Waals surface area contributed by atoms with Crippen molar-refractivity contribution < 1.29 is 4.79 Å². The van der Waals surface area contributed by atoms with Crippen molar-refractivity contribution >= 4 is 27.5 Å². The predicted molar refractivity (Wildman–Crippen MR) is 71.8 cm³/mol. The van der Waals surface area contributed by atoms with Crippen LogP contribution in [-0.4, -0.2) is 18.5 Å². The van der Waals surface area contributed by atoms with Crippen LogP contribution in [0.5, 0.6) is 0 Å². The fourth-order valence-corrected chi connectivity index (χ4v) is 2.52. The van der Waals surface area contributed by atoms with Gasteiger partial charge in [0.15, 0.2) is 0 Å². The number of amides is 1. The maximum absolute atomic E-state index is 11.4. The van der Waals surface area contributed by atoms with E-state index < -0.39 is 5.91 Å². The van der Waals surface area contributed by atoms with Crippen LogP contribution in [0.25, 0.3) is 0 Å². The Hall–Kier alpha value is -1.07. The molecule has 1 aliphatic carbocycles. The van der Waals surface area contributed by atoms with Gasteiger partial charge in [0, 0.05) is 22.7 Å². The molecule has 5 N–H and O–H groups in total. The van der Waals surface area contributed by atoms with E-state index in [9.17, 15) is 4.79 Å². The van der Waals surface area contributed by atoms with Crippen molar-refractivity contribution in [3.63, 3.8) is 0 Å². The summed E-state index contributed by atoms with van der Waals surface area (Å²) in [5.41, 5.74) is 12.4. The monoisotopic (exact) mass is 297 g/mol. The summed E-state index contributed by atoms with van der Waals surface area (Å²) in [7, 11) is 0. The molecule has 1 saturated carbocycles. The van der Waals surface area contributed by atoms with Crippen molar-refractivity contribution in [2.75, 3.05) is 11.9 Å². The Balaban J connectivity index is 2.24. The molecule has 5 heteroatoms. The molecule has 0 radical (unpaired) electrons. The molecule has 0 heterocycles. The minimum atomic E-state index is -0.438. The number of nitrogens with two attached hydrogens (primary N) is 2. The second-order valence-corrected chi connectivity index (χ2v) is 5.20. The van der Waals surface area contributed by atoms with E-state index in [0.29, 0.717) is 22.5 Å². The van der Waals surface area contributed by atoms with Crippen LogP contribution in [0.3, 0.4) is 0 Å². The Morgan fingerprint density at radius 3 is 2.76 bits per heavy atom. The number of hydrogen-bond acceptors (Lipinski definition) is 3. The van der Waals surface area contributed by atoms with Gasteiger partial charge in [0.25, 0.3) is 5.91 Å². The zero-order valence-electron chi connectivity index (χ0n) is 9.45. The first-order chi connectivity index (χ1) is 8.13. The van der Waals surface area contributed by atoms with Crippen LogP contribution in [0.15, 0.2) is 22.7 Å². The lowest BCUT2D eigenvalue weighted by atomic mass is 10.1. The van der Waals surface area contributed by atoms with Crippen molar-refractivity contribution in [3.05, 3.63) is 28.2 Å². The molecule has 92 valence electrons. The Labute approximate surface area is 109 Å². The zero-order valence-corrected chi connectivity index (χ0v) is 11.0. The van der Waals surface area contributed by atoms with Crippen LogP contribution >= 0.6 is 15.9 Å². The topological polar surface area (TPSA) is 81.1 Å². The average molecular weight is 298 g/mol. The molecule has 1 fully saturated rings. The van der Waals surface area contributed by atoms with Gasteiger partial charge >= 0.3 is 0 Å². The van der Waals surface area contributed by atoms with Gasteiger partial charge in [-0.25, -0.2) is 0 Å². The van der Waals surface area contributed by atoms with Gasteiger partial charge in [-0.05, 0) is 46.8 Å². The number of nitrogens with one attached hydrogen (secondary N) is 1. The number of halogens is 1. The van der Waals surface area contributed by atoms with Crippen molar-refractivity contribution in [1.82, 2.24) is 0 Å². The summed E-state index contributed by atoms with van der Waals surface area (Å²) in [5, 5.41) is 3.33. The van der Waals surface area contributed by atoms with E-state index >= 15 is 0 Å². The van der Waals surface area contributed by atoms with E-state index in [1.54, 1.807) is 6.07 Å². The summed E-state index contributed by atoms with van der Waals surface area (Å²) >= 11 is 3.34. The molecule has 1 aromatic rings. The SMILES string of the molecule is NCC(Nc1cccc(Br)c1C(N)=O)C1CC1. The molecule has 0 aliphatic heterocycles. The molecule has 0 saturated heterocycles. The van der Waals surface area contributed by atoms with Crippen LogP contribution < -0.4 is 16.8 Å². The smallest absolute Gasteiger partial charge is 0.251 e. The lowest BCUT2D eigenvalue weighted by Gasteiger charge is -2.19. The molecular weight excluding hydrogens is 282 g/mol. The van der Waals surface area contributed by atoms with Gasteiger partial charge in [0.1, 0.15) is 0 Å². The van der Waals surface area contributed by atoms with Gasteiger partial charge in [-0.1, -0.05) is 6.07 Å². The Morgan fingerprint density at radius 1 is 1.53 bits per heavy atom. The maximum Gasteiger partial charge on any atom is 0.251 e. The fourth-order valence-electron chi connectivity index (χ4n) is 1.96. The van der Waals surface area contributed by atoms with Crippen molar-refractivity contribution in [1.29, 1.82) is 0 Å². The standard InChI is InChI=1S/C12H16BrN3O/c13-8-2-1-3-9(11(8)12(15)17)16-10(6-14)7-4-5-7/h1-3,7,10,16H,4-6,14H2,(H2,15,17).